The van der Waals surface area contributed by atoms with E-state index in [0.717, 1.165) is 17.2 Å². The molecule has 0 N–H and O–H groups in total. The monoisotopic (exact) mass is 566 g/mol. The fourth-order valence-corrected chi connectivity index (χ4v) is 5.77. The molecule has 0 saturated heterocycles. The van der Waals surface area contributed by atoms with E-state index >= 15 is 0 Å². The van der Waals surface area contributed by atoms with E-state index in [-0.39, 0.29) is 11.4 Å². The lowest BCUT2D eigenvalue weighted by Crippen LogP contribution is -2.03. The Bertz CT molecular complexity index is 2490. The number of benzene rings is 4. The Morgan fingerprint density at radius 1 is 0.605 bits per heavy atom. The minimum Gasteiger partial charge on any atom is -0.246 e. The maximum absolute atomic E-state index is 14.2. The van der Waals surface area contributed by atoms with Gasteiger partial charge in [0.2, 0.25) is 12.4 Å². The number of halogens is 3. The number of rotatable bonds is 3. The molecule has 7 rings (SSSR count). The zero-order valence-electron chi connectivity index (χ0n) is 22.5. The van der Waals surface area contributed by atoms with Gasteiger partial charge in [0.1, 0.15) is 40.1 Å². The van der Waals surface area contributed by atoms with Gasteiger partial charge in [0, 0.05) is 21.5 Å². The molecule has 0 aliphatic heterocycles. The molecule has 204 valence electrons. The number of aryl methyl sites for hydroxylation is 1. The second-order valence-corrected chi connectivity index (χ2v) is 10.3. The smallest absolute Gasteiger partial charge is 0.206 e. The minimum atomic E-state index is -0.806. The summed E-state index contributed by atoms with van der Waals surface area (Å²) in [4.78, 5) is 17.9. The third kappa shape index (κ3) is 4.18. The number of hydrogen-bond donors (Lipinski definition) is 0. The molecular formula is C34H17F3N6. The number of fused-ring (bicyclic) bond motifs is 6. The van der Waals surface area contributed by atoms with Crippen LogP contribution >= 0.6 is 0 Å². The van der Waals surface area contributed by atoms with Crippen molar-refractivity contribution in [2.45, 2.75) is 13.6 Å². The van der Waals surface area contributed by atoms with Gasteiger partial charge in [0.05, 0.1) is 11.0 Å². The van der Waals surface area contributed by atoms with Gasteiger partial charge in [-0.2, -0.15) is 20.5 Å². The zero-order chi connectivity index (χ0) is 29.8. The summed E-state index contributed by atoms with van der Waals surface area (Å²) in [5, 5.41) is 22.3. The Hall–Kier alpha value is -5.93. The predicted octanol–water partition coefficient (Wildman–Crippen LogP) is 7.12. The van der Waals surface area contributed by atoms with Crippen LogP contribution in [0.2, 0.25) is 0 Å². The van der Waals surface area contributed by atoms with Crippen LogP contribution in [0.1, 0.15) is 11.1 Å². The van der Waals surface area contributed by atoms with Gasteiger partial charge in [-0.05, 0) is 82.8 Å². The SMILES string of the molecule is Cc1cc(F)cc(-c2ccc3c(c2)/c(=N\C#N)c2nc4c(nc23)/c(=N\C#N)c2cc(-c3cc(F)cc(CF)c3)ccc24)c1. The molecular weight excluding hydrogens is 549 g/mol. The largest absolute Gasteiger partial charge is 0.246 e. The zero-order valence-corrected chi connectivity index (χ0v) is 22.5. The quantitative estimate of drug-likeness (QED) is 0.213. The number of nitriles is 2. The first-order valence-electron chi connectivity index (χ1n) is 13.2. The van der Waals surface area contributed by atoms with Crippen LogP contribution in [-0.2, 0) is 6.67 Å². The van der Waals surface area contributed by atoms with Crippen molar-refractivity contribution in [3.05, 3.63) is 106 Å². The summed E-state index contributed by atoms with van der Waals surface area (Å²) in [6, 6.07) is 19.6. The van der Waals surface area contributed by atoms with Crippen molar-refractivity contribution >= 4 is 43.6 Å². The molecule has 0 bridgehead atoms. The highest BCUT2D eigenvalue weighted by atomic mass is 19.1. The highest BCUT2D eigenvalue weighted by Gasteiger charge is 2.19. The molecule has 0 atom stereocenters. The normalized spacial score (nSPS) is 12.5. The molecule has 7 aromatic rings. The number of hydrogen-bond acceptors (Lipinski definition) is 6. The Morgan fingerprint density at radius 2 is 1.12 bits per heavy atom. The van der Waals surface area contributed by atoms with E-state index in [4.69, 9.17) is 9.97 Å². The van der Waals surface area contributed by atoms with Crippen LogP contribution in [0.25, 0.3) is 65.9 Å². The fourth-order valence-electron chi connectivity index (χ4n) is 5.77. The van der Waals surface area contributed by atoms with Crippen LogP contribution in [0.5, 0.6) is 0 Å². The molecule has 0 saturated carbocycles. The number of aromatic nitrogens is 2. The summed E-state index contributed by atoms with van der Waals surface area (Å²) < 4.78 is 41.7. The van der Waals surface area contributed by atoms with Gasteiger partial charge in [-0.3, -0.25) is 0 Å². The molecule has 0 unspecified atom stereocenters. The van der Waals surface area contributed by atoms with Crippen LogP contribution < -0.4 is 10.7 Å². The van der Waals surface area contributed by atoms with E-state index in [2.05, 4.69) is 9.98 Å². The molecule has 0 aliphatic rings. The summed E-state index contributed by atoms with van der Waals surface area (Å²) in [7, 11) is 0. The van der Waals surface area contributed by atoms with Crippen molar-refractivity contribution in [3.63, 3.8) is 0 Å². The molecule has 6 aromatic carbocycles. The fraction of sp³-hybridized carbons (Fsp3) is 0.0588. The summed E-state index contributed by atoms with van der Waals surface area (Å²) in [6.45, 7) is 1.01. The molecule has 6 nitrogen and oxygen atoms in total. The Balaban J connectivity index is 1.53. The topological polar surface area (TPSA) is 98.1 Å². The third-order valence-electron chi connectivity index (χ3n) is 7.55. The maximum atomic E-state index is 14.2. The van der Waals surface area contributed by atoms with Crippen LogP contribution in [-0.4, -0.2) is 9.97 Å². The van der Waals surface area contributed by atoms with Gasteiger partial charge in [-0.15, -0.1) is 0 Å². The van der Waals surface area contributed by atoms with Gasteiger partial charge < -0.3 is 0 Å². The average Bonchev–Trinajstić information content (AvgIpc) is 3.46. The molecule has 0 radical (unpaired) electrons. The first kappa shape index (κ1) is 26.0. The van der Waals surface area contributed by atoms with E-state index in [0.29, 0.717) is 71.0 Å². The van der Waals surface area contributed by atoms with Crippen molar-refractivity contribution in [1.29, 1.82) is 10.5 Å². The van der Waals surface area contributed by atoms with E-state index in [9.17, 15) is 23.7 Å². The summed E-state index contributed by atoms with van der Waals surface area (Å²) >= 11 is 0. The van der Waals surface area contributed by atoms with E-state index in [1.807, 2.05) is 43.6 Å². The lowest BCUT2D eigenvalue weighted by atomic mass is 10.0. The van der Waals surface area contributed by atoms with Gasteiger partial charge >= 0.3 is 0 Å². The lowest BCUT2D eigenvalue weighted by molar-refractivity contribution is 0.482. The van der Waals surface area contributed by atoms with Crippen molar-refractivity contribution in [2.75, 3.05) is 0 Å². The van der Waals surface area contributed by atoms with Crippen LogP contribution in [0.3, 0.4) is 0 Å². The van der Waals surface area contributed by atoms with Crippen molar-refractivity contribution in [1.82, 2.24) is 9.97 Å². The first-order valence-corrected chi connectivity index (χ1v) is 13.2. The van der Waals surface area contributed by atoms with Crippen molar-refractivity contribution in [2.24, 2.45) is 9.98 Å². The molecule has 9 heteroatoms. The van der Waals surface area contributed by atoms with Gasteiger partial charge in [0.25, 0.3) is 0 Å². The highest BCUT2D eigenvalue weighted by molar-refractivity contribution is 6.15. The summed E-state index contributed by atoms with van der Waals surface area (Å²) in [5.74, 6) is -0.908. The van der Waals surface area contributed by atoms with E-state index in [1.165, 1.54) is 18.2 Å². The Kier molecular flexibility index (Phi) is 5.96. The second kappa shape index (κ2) is 9.86. The first-order chi connectivity index (χ1) is 20.9. The highest BCUT2D eigenvalue weighted by Crippen LogP contribution is 2.33. The molecule has 1 heterocycles. The lowest BCUT2D eigenvalue weighted by Gasteiger charge is -2.05. The third-order valence-corrected chi connectivity index (χ3v) is 7.55. The predicted molar refractivity (Wildman–Crippen MR) is 157 cm³/mol. The molecule has 43 heavy (non-hydrogen) atoms. The molecule has 0 aliphatic carbocycles. The van der Waals surface area contributed by atoms with Crippen molar-refractivity contribution < 1.29 is 13.2 Å². The maximum Gasteiger partial charge on any atom is 0.206 e. The second-order valence-electron chi connectivity index (χ2n) is 10.3. The molecule has 0 amide bonds. The van der Waals surface area contributed by atoms with Gasteiger partial charge in [-0.1, -0.05) is 30.3 Å². The number of alkyl halides is 1. The Labute approximate surface area is 241 Å². The molecule has 0 fully saturated rings. The Morgan fingerprint density at radius 3 is 1.60 bits per heavy atom. The minimum absolute atomic E-state index is 0.211. The van der Waals surface area contributed by atoms with Crippen LogP contribution in [0.4, 0.5) is 13.2 Å². The molecule has 0 spiro atoms. The average molecular weight is 567 g/mol. The van der Waals surface area contributed by atoms with Crippen LogP contribution in [0.15, 0.2) is 82.8 Å². The van der Waals surface area contributed by atoms with E-state index < -0.39 is 12.5 Å². The van der Waals surface area contributed by atoms with E-state index in [1.54, 1.807) is 24.3 Å². The number of nitrogens with zero attached hydrogens (tertiary/aromatic N) is 6. The van der Waals surface area contributed by atoms with Crippen molar-refractivity contribution in [3.8, 4) is 34.6 Å². The standard InChI is InChI=1S/C34H17F3N6/c1-17-6-21(10-23(36)7-17)19-2-4-25-27(12-19)29(40-15-38)33-31(25)42-34-30(41-16-39)28-13-20(3-5-26(28)32(34)43-33)22-8-18(14-35)9-24(37)11-22/h2-13H,14H2,1H3/b40-29+,41-30-. The van der Waals surface area contributed by atoms with Gasteiger partial charge in [-0.25, -0.2) is 23.1 Å². The summed E-state index contributed by atoms with van der Waals surface area (Å²) in [5.41, 5.74) is 5.20. The van der Waals surface area contributed by atoms with Gasteiger partial charge in [0.15, 0.2) is 0 Å². The molecule has 1 aromatic heterocycles. The van der Waals surface area contributed by atoms with Crippen LogP contribution in [0, 0.1) is 41.5 Å². The summed E-state index contributed by atoms with van der Waals surface area (Å²) in [6.07, 6.45) is 3.70.